The molecule has 1 aromatic heterocycles. The third kappa shape index (κ3) is 2.58. The molecule has 0 radical (unpaired) electrons. The fraction of sp³-hybridized carbons (Fsp3) is 0.357. The molecule has 0 aliphatic heterocycles. The molecule has 1 aliphatic carbocycles. The Morgan fingerprint density at radius 1 is 1.11 bits per heavy atom. The second-order valence-corrected chi connectivity index (χ2v) is 5.57. The van der Waals surface area contributed by atoms with E-state index in [2.05, 4.69) is 21.0 Å². The van der Waals surface area contributed by atoms with Gasteiger partial charge in [-0.2, -0.15) is 5.10 Å². The van der Waals surface area contributed by atoms with E-state index in [-0.39, 0.29) is 0 Å². The fourth-order valence-corrected chi connectivity index (χ4v) is 2.64. The molecule has 3 nitrogen and oxygen atoms in total. The van der Waals surface area contributed by atoms with Crippen molar-refractivity contribution < 1.29 is 4.74 Å². The van der Waals surface area contributed by atoms with E-state index in [9.17, 15) is 0 Å². The molecular weight excluding hydrogens is 292 g/mol. The zero-order valence-corrected chi connectivity index (χ0v) is 11.6. The summed E-state index contributed by atoms with van der Waals surface area (Å²) >= 11 is 3.41. The van der Waals surface area contributed by atoms with E-state index >= 15 is 0 Å². The third-order valence-corrected chi connectivity index (χ3v) is 3.85. The van der Waals surface area contributed by atoms with Crippen LogP contribution in [0, 0.1) is 0 Å². The van der Waals surface area contributed by atoms with Crippen LogP contribution in [0.5, 0.6) is 11.5 Å². The SMILES string of the molecule is Brc1ccc(Oc2cnn(C3CCCC3)c2)cc1. The third-order valence-electron chi connectivity index (χ3n) is 3.33. The van der Waals surface area contributed by atoms with Crippen LogP contribution in [-0.4, -0.2) is 9.78 Å². The number of nitrogens with zero attached hydrogens (tertiary/aromatic N) is 2. The van der Waals surface area contributed by atoms with Crippen molar-refractivity contribution in [3.05, 3.63) is 41.1 Å². The van der Waals surface area contributed by atoms with Crippen molar-refractivity contribution in [1.29, 1.82) is 0 Å². The highest BCUT2D eigenvalue weighted by Crippen LogP contribution is 2.30. The quantitative estimate of drug-likeness (QED) is 0.831. The zero-order valence-electron chi connectivity index (χ0n) is 10.1. The topological polar surface area (TPSA) is 27.1 Å². The maximum absolute atomic E-state index is 5.77. The molecule has 2 aromatic rings. The maximum Gasteiger partial charge on any atom is 0.165 e. The van der Waals surface area contributed by atoms with Gasteiger partial charge in [0.15, 0.2) is 5.75 Å². The average Bonchev–Trinajstić information content (AvgIpc) is 3.02. The van der Waals surface area contributed by atoms with Gasteiger partial charge in [-0.25, -0.2) is 0 Å². The van der Waals surface area contributed by atoms with Crippen molar-refractivity contribution in [2.75, 3.05) is 0 Å². The predicted molar refractivity (Wildman–Crippen MR) is 73.9 cm³/mol. The number of hydrogen-bond acceptors (Lipinski definition) is 2. The van der Waals surface area contributed by atoms with E-state index in [0.717, 1.165) is 16.0 Å². The molecule has 1 heterocycles. The molecule has 0 N–H and O–H groups in total. The molecular formula is C14H15BrN2O. The van der Waals surface area contributed by atoms with Crippen molar-refractivity contribution in [3.8, 4) is 11.5 Å². The molecule has 0 saturated heterocycles. The largest absolute Gasteiger partial charge is 0.454 e. The first-order valence-corrected chi connectivity index (χ1v) is 7.08. The minimum absolute atomic E-state index is 0.562. The van der Waals surface area contributed by atoms with E-state index in [1.807, 2.05) is 35.1 Å². The predicted octanol–water partition coefficient (Wildman–Crippen LogP) is 4.55. The second-order valence-electron chi connectivity index (χ2n) is 4.65. The van der Waals surface area contributed by atoms with Crippen LogP contribution in [0.1, 0.15) is 31.7 Å². The van der Waals surface area contributed by atoms with Crippen LogP contribution >= 0.6 is 15.9 Å². The van der Waals surface area contributed by atoms with Gasteiger partial charge in [0, 0.05) is 4.47 Å². The molecule has 18 heavy (non-hydrogen) atoms. The van der Waals surface area contributed by atoms with E-state index in [1.165, 1.54) is 25.7 Å². The lowest BCUT2D eigenvalue weighted by atomic mass is 10.3. The minimum Gasteiger partial charge on any atom is -0.454 e. The highest BCUT2D eigenvalue weighted by Gasteiger charge is 2.17. The summed E-state index contributed by atoms with van der Waals surface area (Å²) in [6.07, 6.45) is 8.89. The highest BCUT2D eigenvalue weighted by molar-refractivity contribution is 9.10. The van der Waals surface area contributed by atoms with Gasteiger partial charge in [0.1, 0.15) is 5.75 Å². The second kappa shape index (κ2) is 5.14. The molecule has 0 amide bonds. The normalized spacial score (nSPS) is 16.1. The van der Waals surface area contributed by atoms with Gasteiger partial charge < -0.3 is 4.74 Å². The van der Waals surface area contributed by atoms with E-state index < -0.39 is 0 Å². The minimum atomic E-state index is 0.562. The molecule has 0 spiro atoms. The molecule has 1 aromatic carbocycles. The van der Waals surface area contributed by atoms with Crippen LogP contribution in [0.2, 0.25) is 0 Å². The van der Waals surface area contributed by atoms with Crippen LogP contribution in [0.15, 0.2) is 41.1 Å². The standard InChI is InChI=1S/C14H15BrN2O/c15-11-5-7-13(8-6-11)18-14-9-16-17(10-14)12-3-1-2-4-12/h5-10,12H,1-4H2. The summed E-state index contributed by atoms with van der Waals surface area (Å²) in [6, 6.07) is 8.38. The van der Waals surface area contributed by atoms with E-state index in [0.29, 0.717) is 6.04 Å². The van der Waals surface area contributed by atoms with Gasteiger partial charge in [-0.3, -0.25) is 4.68 Å². The first-order valence-electron chi connectivity index (χ1n) is 6.29. The van der Waals surface area contributed by atoms with E-state index in [1.54, 1.807) is 6.20 Å². The van der Waals surface area contributed by atoms with Crippen LogP contribution in [0.3, 0.4) is 0 Å². The Bertz CT molecular complexity index is 515. The van der Waals surface area contributed by atoms with Crippen LogP contribution in [0.25, 0.3) is 0 Å². The highest BCUT2D eigenvalue weighted by atomic mass is 79.9. The molecule has 0 bridgehead atoms. The Morgan fingerprint density at radius 2 is 1.83 bits per heavy atom. The number of hydrogen-bond donors (Lipinski definition) is 0. The summed E-state index contributed by atoms with van der Waals surface area (Å²) in [4.78, 5) is 0. The van der Waals surface area contributed by atoms with Gasteiger partial charge in [0.25, 0.3) is 0 Å². The summed E-state index contributed by atoms with van der Waals surface area (Å²) in [5, 5.41) is 4.39. The molecule has 1 aliphatic rings. The molecule has 0 atom stereocenters. The average molecular weight is 307 g/mol. The molecule has 1 saturated carbocycles. The fourth-order valence-electron chi connectivity index (χ4n) is 2.38. The lowest BCUT2D eigenvalue weighted by Crippen LogP contribution is -2.04. The Morgan fingerprint density at radius 3 is 2.56 bits per heavy atom. The van der Waals surface area contributed by atoms with Crippen molar-refractivity contribution in [2.24, 2.45) is 0 Å². The summed E-state index contributed by atoms with van der Waals surface area (Å²) in [5.41, 5.74) is 0. The Balaban J connectivity index is 1.71. The molecule has 1 fully saturated rings. The molecule has 4 heteroatoms. The van der Waals surface area contributed by atoms with Crippen LogP contribution < -0.4 is 4.74 Å². The van der Waals surface area contributed by atoms with Crippen molar-refractivity contribution in [1.82, 2.24) is 9.78 Å². The Kier molecular flexibility index (Phi) is 3.37. The number of halogens is 1. The lowest BCUT2D eigenvalue weighted by molar-refractivity contribution is 0.456. The monoisotopic (exact) mass is 306 g/mol. The van der Waals surface area contributed by atoms with Crippen molar-refractivity contribution >= 4 is 15.9 Å². The van der Waals surface area contributed by atoms with Crippen LogP contribution in [0.4, 0.5) is 0 Å². The lowest BCUT2D eigenvalue weighted by Gasteiger charge is -2.08. The zero-order chi connectivity index (χ0) is 12.4. The Hall–Kier alpha value is -1.29. The summed E-state index contributed by atoms with van der Waals surface area (Å²) in [7, 11) is 0. The summed E-state index contributed by atoms with van der Waals surface area (Å²) in [6.45, 7) is 0. The van der Waals surface area contributed by atoms with Gasteiger partial charge in [0.2, 0.25) is 0 Å². The molecule has 3 rings (SSSR count). The summed E-state index contributed by atoms with van der Waals surface area (Å²) < 4.78 is 8.86. The first kappa shape index (κ1) is 11.8. The molecule has 94 valence electrons. The summed E-state index contributed by atoms with van der Waals surface area (Å²) in [5.74, 6) is 1.65. The van der Waals surface area contributed by atoms with Gasteiger partial charge in [0.05, 0.1) is 18.4 Å². The van der Waals surface area contributed by atoms with Gasteiger partial charge >= 0.3 is 0 Å². The Labute approximate surface area is 115 Å². The smallest absolute Gasteiger partial charge is 0.165 e. The van der Waals surface area contributed by atoms with Crippen LogP contribution in [-0.2, 0) is 0 Å². The maximum atomic E-state index is 5.77. The number of aromatic nitrogens is 2. The van der Waals surface area contributed by atoms with Crippen molar-refractivity contribution in [3.63, 3.8) is 0 Å². The first-order chi connectivity index (χ1) is 8.81. The van der Waals surface area contributed by atoms with Crippen molar-refractivity contribution in [2.45, 2.75) is 31.7 Å². The van der Waals surface area contributed by atoms with Gasteiger partial charge in [-0.1, -0.05) is 28.8 Å². The molecule has 0 unspecified atom stereocenters. The van der Waals surface area contributed by atoms with Gasteiger partial charge in [-0.15, -0.1) is 0 Å². The van der Waals surface area contributed by atoms with Gasteiger partial charge in [-0.05, 0) is 37.1 Å². The number of ether oxygens (including phenoxy) is 1. The number of rotatable bonds is 3. The van der Waals surface area contributed by atoms with E-state index in [4.69, 9.17) is 4.74 Å². The number of benzene rings is 1.